The maximum absolute atomic E-state index is 12.3. The van der Waals surface area contributed by atoms with Gasteiger partial charge in [0.05, 0.1) is 4.88 Å². The quantitative estimate of drug-likeness (QED) is 0.914. The number of fused-ring (bicyclic) bond motifs is 1. The molecule has 0 spiro atoms. The number of nitrogens with one attached hydrogen (secondary N) is 1. The van der Waals surface area contributed by atoms with Crippen molar-refractivity contribution in [1.82, 2.24) is 10.2 Å². The molecule has 116 valence electrons. The van der Waals surface area contributed by atoms with Gasteiger partial charge in [0.2, 0.25) is 0 Å². The zero-order valence-corrected chi connectivity index (χ0v) is 14.3. The molecular formula is C17H19ClN2OS. The van der Waals surface area contributed by atoms with Crippen molar-refractivity contribution in [3.05, 3.63) is 56.2 Å². The van der Waals surface area contributed by atoms with Crippen molar-refractivity contribution in [3.63, 3.8) is 0 Å². The van der Waals surface area contributed by atoms with E-state index in [1.807, 2.05) is 30.3 Å². The number of benzene rings is 1. The second-order valence-corrected chi connectivity index (χ2v) is 7.38. The summed E-state index contributed by atoms with van der Waals surface area (Å²) in [5, 5.41) is 3.64. The molecule has 0 saturated heterocycles. The molecule has 2 aromatic rings. The van der Waals surface area contributed by atoms with Gasteiger partial charge in [-0.05, 0) is 37.1 Å². The second kappa shape index (κ2) is 6.41. The van der Waals surface area contributed by atoms with Gasteiger partial charge in [-0.3, -0.25) is 9.69 Å². The summed E-state index contributed by atoms with van der Waals surface area (Å²) >= 11 is 7.71. The third-order valence-electron chi connectivity index (χ3n) is 3.97. The SMILES string of the molecule is CC(C)N1Cc2cc(C(=O)NCc3ccccc3Cl)sc2C1. The summed E-state index contributed by atoms with van der Waals surface area (Å²) in [6.45, 7) is 6.76. The summed E-state index contributed by atoms with van der Waals surface area (Å²) in [5.74, 6) is -0.0181. The van der Waals surface area contributed by atoms with E-state index in [9.17, 15) is 4.79 Å². The van der Waals surface area contributed by atoms with Crippen LogP contribution in [0.3, 0.4) is 0 Å². The van der Waals surface area contributed by atoms with Gasteiger partial charge in [0.1, 0.15) is 0 Å². The Labute approximate surface area is 139 Å². The first-order valence-corrected chi connectivity index (χ1v) is 8.61. The van der Waals surface area contributed by atoms with Gasteiger partial charge in [-0.1, -0.05) is 29.8 Å². The number of nitrogens with zero attached hydrogens (tertiary/aromatic N) is 1. The fraction of sp³-hybridized carbons (Fsp3) is 0.353. The van der Waals surface area contributed by atoms with Gasteiger partial charge in [-0.25, -0.2) is 0 Å². The Morgan fingerprint density at radius 2 is 2.14 bits per heavy atom. The molecule has 0 saturated carbocycles. The fourth-order valence-corrected chi connectivity index (χ4v) is 3.89. The molecular weight excluding hydrogens is 316 g/mol. The second-order valence-electron chi connectivity index (χ2n) is 5.83. The van der Waals surface area contributed by atoms with E-state index >= 15 is 0 Å². The Bertz CT molecular complexity index is 672. The first-order chi connectivity index (χ1) is 10.5. The topological polar surface area (TPSA) is 32.3 Å². The average Bonchev–Trinajstić information content (AvgIpc) is 3.04. The highest BCUT2D eigenvalue weighted by molar-refractivity contribution is 7.14. The lowest BCUT2D eigenvalue weighted by Gasteiger charge is -2.19. The van der Waals surface area contributed by atoms with Crippen LogP contribution in [-0.4, -0.2) is 16.8 Å². The molecule has 3 nitrogen and oxygen atoms in total. The number of amides is 1. The molecule has 1 aromatic heterocycles. The molecule has 3 rings (SSSR count). The minimum atomic E-state index is -0.0181. The van der Waals surface area contributed by atoms with Crippen LogP contribution in [0.15, 0.2) is 30.3 Å². The molecule has 1 aromatic carbocycles. The normalized spacial score (nSPS) is 14.4. The highest BCUT2D eigenvalue weighted by Gasteiger charge is 2.25. The first kappa shape index (κ1) is 15.5. The Morgan fingerprint density at radius 3 is 2.82 bits per heavy atom. The highest BCUT2D eigenvalue weighted by atomic mass is 35.5. The lowest BCUT2D eigenvalue weighted by atomic mass is 10.2. The molecule has 5 heteroatoms. The van der Waals surface area contributed by atoms with Crippen LogP contribution in [0.4, 0.5) is 0 Å². The lowest BCUT2D eigenvalue weighted by Crippen LogP contribution is -2.25. The Balaban J connectivity index is 1.63. The number of carbonyl (C=O) groups is 1. The minimum Gasteiger partial charge on any atom is -0.347 e. The number of hydrogen-bond acceptors (Lipinski definition) is 3. The van der Waals surface area contributed by atoms with Crippen molar-refractivity contribution in [2.45, 2.75) is 39.5 Å². The maximum Gasteiger partial charge on any atom is 0.261 e. The van der Waals surface area contributed by atoms with Gasteiger partial charge in [0.15, 0.2) is 0 Å². The van der Waals surface area contributed by atoms with E-state index in [4.69, 9.17) is 11.6 Å². The zero-order chi connectivity index (χ0) is 15.7. The summed E-state index contributed by atoms with van der Waals surface area (Å²) in [7, 11) is 0. The molecule has 0 unspecified atom stereocenters. The third-order valence-corrected chi connectivity index (χ3v) is 5.50. The highest BCUT2D eigenvalue weighted by Crippen LogP contribution is 2.32. The molecule has 1 amide bonds. The molecule has 2 heterocycles. The summed E-state index contributed by atoms with van der Waals surface area (Å²) in [4.78, 5) is 16.8. The Hall–Kier alpha value is -1.36. The van der Waals surface area contributed by atoms with E-state index in [-0.39, 0.29) is 5.91 Å². The van der Waals surface area contributed by atoms with Gasteiger partial charge >= 0.3 is 0 Å². The van der Waals surface area contributed by atoms with Crippen molar-refractivity contribution in [2.24, 2.45) is 0 Å². The summed E-state index contributed by atoms with van der Waals surface area (Å²) in [6, 6.07) is 10.1. The number of rotatable bonds is 4. The first-order valence-electron chi connectivity index (χ1n) is 7.42. The molecule has 0 aliphatic carbocycles. The smallest absolute Gasteiger partial charge is 0.261 e. The van der Waals surface area contributed by atoms with E-state index in [1.54, 1.807) is 11.3 Å². The van der Waals surface area contributed by atoms with Crippen LogP contribution in [0, 0.1) is 0 Å². The molecule has 0 radical (unpaired) electrons. The van der Waals surface area contributed by atoms with Crippen LogP contribution < -0.4 is 5.32 Å². The van der Waals surface area contributed by atoms with Crippen molar-refractivity contribution in [1.29, 1.82) is 0 Å². The predicted octanol–water partition coefficient (Wildman–Crippen LogP) is 4.06. The van der Waals surface area contributed by atoms with Crippen molar-refractivity contribution in [3.8, 4) is 0 Å². The number of hydrogen-bond donors (Lipinski definition) is 1. The summed E-state index contributed by atoms with van der Waals surface area (Å²) in [6.07, 6.45) is 0. The zero-order valence-electron chi connectivity index (χ0n) is 12.7. The fourth-order valence-electron chi connectivity index (χ4n) is 2.57. The molecule has 1 aliphatic heterocycles. The van der Waals surface area contributed by atoms with Gasteiger partial charge in [-0.15, -0.1) is 11.3 Å². The molecule has 0 fully saturated rings. The summed E-state index contributed by atoms with van der Waals surface area (Å²) < 4.78 is 0. The Morgan fingerprint density at radius 1 is 1.36 bits per heavy atom. The van der Waals surface area contributed by atoms with Crippen LogP contribution in [0.2, 0.25) is 5.02 Å². The summed E-state index contributed by atoms with van der Waals surface area (Å²) in [5.41, 5.74) is 2.23. The number of halogens is 1. The van der Waals surface area contributed by atoms with Gasteiger partial charge < -0.3 is 5.32 Å². The lowest BCUT2D eigenvalue weighted by molar-refractivity contribution is 0.0955. The van der Waals surface area contributed by atoms with Crippen molar-refractivity contribution in [2.75, 3.05) is 0 Å². The Kier molecular flexibility index (Phi) is 4.52. The monoisotopic (exact) mass is 334 g/mol. The minimum absolute atomic E-state index is 0.0181. The van der Waals surface area contributed by atoms with Crippen molar-refractivity contribution >= 4 is 28.8 Å². The van der Waals surface area contributed by atoms with Gasteiger partial charge in [0.25, 0.3) is 5.91 Å². The molecule has 0 bridgehead atoms. The van der Waals surface area contributed by atoms with Crippen LogP contribution in [0.5, 0.6) is 0 Å². The van der Waals surface area contributed by atoms with E-state index in [2.05, 4.69) is 24.1 Å². The van der Waals surface area contributed by atoms with Crippen molar-refractivity contribution < 1.29 is 4.79 Å². The number of carbonyl (C=O) groups excluding carboxylic acids is 1. The number of thiophene rings is 1. The standard InChI is InChI=1S/C17H19ClN2OS/c1-11(2)20-9-13-7-15(22-16(13)10-20)17(21)19-8-12-5-3-4-6-14(12)18/h3-7,11H,8-10H2,1-2H3,(H,19,21). The van der Waals surface area contributed by atoms with E-state index in [0.717, 1.165) is 23.5 Å². The molecule has 0 atom stereocenters. The largest absolute Gasteiger partial charge is 0.347 e. The van der Waals surface area contributed by atoms with Crippen LogP contribution in [-0.2, 0) is 19.6 Å². The van der Waals surface area contributed by atoms with Crippen LogP contribution in [0.1, 0.15) is 39.5 Å². The maximum atomic E-state index is 12.3. The molecule has 22 heavy (non-hydrogen) atoms. The van der Waals surface area contributed by atoms with Gasteiger partial charge in [-0.2, -0.15) is 0 Å². The molecule has 1 aliphatic rings. The molecule has 1 N–H and O–H groups in total. The van der Waals surface area contributed by atoms with E-state index in [1.165, 1.54) is 10.4 Å². The predicted molar refractivity (Wildman–Crippen MR) is 91.3 cm³/mol. The van der Waals surface area contributed by atoms with Crippen LogP contribution >= 0.6 is 22.9 Å². The van der Waals surface area contributed by atoms with Crippen LogP contribution in [0.25, 0.3) is 0 Å². The third kappa shape index (κ3) is 3.19. The van der Waals surface area contributed by atoms with E-state index in [0.29, 0.717) is 17.6 Å². The van der Waals surface area contributed by atoms with E-state index < -0.39 is 0 Å². The van der Waals surface area contributed by atoms with Gasteiger partial charge in [0, 0.05) is 35.6 Å². The average molecular weight is 335 g/mol.